The summed E-state index contributed by atoms with van der Waals surface area (Å²) < 4.78 is 16.2. The lowest BCUT2D eigenvalue weighted by molar-refractivity contribution is -0.132. The normalized spacial score (nSPS) is 11.2. The lowest BCUT2D eigenvalue weighted by atomic mass is 9.82. The van der Waals surface area contributed by atoms with Crippen molar-refractivity contribution in [2.45, 2.75) is 33.1 Å². The molecule has 0 aliphatic carbocycles. The maximum absolute atomic E-state index is 12.9. The highest BCUT2D eigenvalue weighted by atomic mass is 16.5. The van der Waals surface area contributed by atoms with E-state index in [2.05, 4.69) is 6.58 Å². The summed E-state index contributed by atoms with van der Waals surface area (Å²) in [6, 6.07) is 9.07. The summed E-state index contributed by atoms with van der Waals surface area (Å²) in [5.74, 6) is -0.700. The van der Waals surface area contributed by atoms with Crippen LogP contribution in [-0.2, 0) is 15.0 Å². The monoisotopic (exact) mass is 422 g/mol. The van der Waals surface area contributed by atoms with Gasteiger partial charge in [-0.15, -0.1) is 6.58 Å². The van der Waals surface area contributed by atoms with Gasteiger partial charge in [-0.3, -0.25) is 14.4 Å². The van der Waals surface area contributed by atoms with E-state index in [4.69, 9.17) is 13.9 Å². The molecule has 0 spiro atoms. The molecule has 0 fully saturated rings. The molecular weight excluding hydrogens is 400 g/mol. The molecular formula is C24H22O7. The molecule has 31 heavy (non-hydrogen) atoms. The fraction of sp³-hybridized carbons (Fsp3) is 0.208. The maximum atomic E-state index is 12.9. The molecule has 7 nitrogen and oxygen atoms in total. The third kappa shape index (κ3) is 4.35. The number of esters is 2. The standard InChI is InChI=1S/C24H22O7/c1-6-24(4,5)22-20(30-14(3)26)12-19-21(23(22)28)17(27)11-18(31-19)15-7-9-16(10-8-15)29-13(2)25/h6-12,28H,1H2,2-5H3. The van der Waals surface area contributed by atoms with Crippen LogP contribution in [0.2, 0.25) is 0 Å². The Morgan fingerprint density at radius 3 is 2.23 bits per heavy atom. The van der Waals surface area contributed by atoms with E-state index in [0.717, 1.165) is 0 Å². The Morgan fingerprint density at radius 1 is 1.06 bits per heavy atom. The van der Waals surface area contributed by atoms with Crippen molar-refractivity contribution in [3.8, 4) is 28.6 Å². The molecule has 1 heterocycles. The van der Waals surface area contributed by atoms with Crippen LogP contribution >= 0.6 is 0 Å². The molecule has 1 aromatic heterocycles. The molecule has 0 saturated carbocycles. The van der Waals surface area contributed by atoms with Gasteiger partial charge in [-0.05, 0) is 24.3 Å². The third-order valence-electron chi connectivity index (χ3n) is 4.77. The molecule has 160 valence electrons. The predicted molar refractivity (Wildman–Crippen MR) is 115 cm³/mol. The van der Waals surface area contributed by atoms with Crippen LogP contribution in [0.25, 0.3) is 22.3 Å². The number of allylic oxidation sites excluding steroid dienone is 1. The van der Waals surface area contributed by atoms with Crippen LogP contribution in [0.1, 0.15) is 33.3 Å². The third-order valence-corrected chi connectivity index (χ3v) is 4.77. The number of phenolic OH excluding ortho intramolecular Hbond substituents is 1. The van der Waals surface area contributed by atoms with Gasteiger partial charge in [-0.2, -0.15) is 0 Å². The molecule has 0 radical (unpaired) electrons. The quantitative estimate of drug-likeness (QED) is 0.367. The average molecular weight is 422 g/mol. The van der Waals surface area contributed by atoms with Crippen molar-refractivity contribution in [2.75, 3.05) is 0 Å². The molecule has 0 unspecified atom stereocenters. The van der Waals surface area contributed by atoms with Crippen LogP contribution in [0.15, 0.2) is 58.3 Å². The fourth-order valence-electron chi connectivity index (χ4n) is 3.24. The second-order valence-electron chi connectivity index (χ2n) is 7.58. The first-order valence-corrected chi connectivity index (χ1v) is 9.48. The van der Waals surface area contributed by atoms with Gasteiger partial charge in [-0.1, -0.05) is 19.9 Å². The van der Waals surface area contributed by atoms with E-state index in [0.29, 0.717) is 11.3 Å². The molecule has 0 amide bonds. The smallest absolute Gasteiger partial charge is 0.308 e. The van der Waals surface area contributed by atoms with Crippen LogP contribution in [-0.4, -0.2) is 17.0 Å². The van der Waals surface area contributed by atoms with Gasteiger partial charge in [0.1, 0.15) is 34.0 Å². The Morgan fingerprint density at radius 2 is 1.68 bits per heavy atom. The molecule has 0 aliphatic heterocycles. The van der Waals surface area contributed by atoms with Gasteiger partial charge in [0.15, 0.2) is 5.43 Å². The van der Waals surface area contributed by atoms with Crippen molar-refractivity contribution < 1.29 is 28.6 Å². The van der Waals surface area contributed by atoms with Gasteiger partial charge < -0.3 is 19.0 Å². The van der Waals surface area contributed by atoms with Crippen molar-refractivity contribution >= 4 is 22.9 Å². The van der Waals surface area contributed by atoms with Gasteiger partial charge in [0.2, 0.25) is 0 Å². The fourth-order valence-corrected chi connectivity index (χ4v) is 3.24. The number of hydrogen-bond acceptors (Lipinski definition) is 7. The molecule has 2 aromatic carbocycles. The molecule has 1 N–H and O–H groups in total. The minimum atomic E-state index is -0.791. The van der Waals surface area contributed by atoms with Crippen molar-refractivity contribution in [3.05, 3.63) is 64.8 Å². The lowest BCUT2D eigenvalue weighted by Gasteiger charge is -2.25. The predicted octanol–water partition coefficient (Wildman–Crippen LogP) is 4.48. The molecule has 7 heteroatoms. The molecule has 3 rings (SSSR count). The van der Waals surface area contributed by atoms with Gasteiger partial charge in [0, 0.05) is 42.5 Å². The highest BCUT2D eigenvalue weighted by Gasteiger charge is 2.29. The van der Waals surface area contributed by atoms with Crippen LogP contribution in [0.4, 0.5) is 0 Å². The first-order valence-electron chi connectivity index (χ1n) is 9.48. The minimum absolute atomic E-state index is 0.0267. The highest BCUT2D eigenvalue weighted by Crippen LogP contribution is 2.43. The second kappa shape index (κ2) is 8.10. The topological polar surface area (TPSA) is 103 Å². The maximum Gasteiger partial charge on any atom is 0.308 e. The second-order valence-corrected chi connectivity index (χ2v) is 7.58. The number of aromatic hydroxyl groups is 1. The number of hydrogen-bond donors (Lipinski definition) is 1. The molecule has 0 atom stereocenters. The van der Waals surface area contributed by atoms with E-state index in [9.17, 15) is 19.5 Å². The van der Waals surface area contributed by atoms with Crippen LogP contribution < -0.4 is 14.9 Å². The Hall–Kier alpha value is -3.87. The Labute approximate surface area is 178 Å². The summed E-state index contributed by atoms with van der Waals surface area (Å²) >= 11 is 0. The van der Waals surface area contributed by atoms with Gasteiger partial charge in [0.05, 0.1) is 0 Å². The first-order chi connectivity index (χ1) is 14.5. The Kier molecular flexibility index (Phi) is 5.71. The summed E-state index contributed by atoms with van der Waals surface area (Å²) in [4.78, 5) is 35.6. The van der Waals surface area contributed by atoms with Crippen LogP contribution in [0.5, 0.6) is 17.2 Å². The number of carbonyl (C=O) groups excluding carboxylic acids is 2. The number of phenols is 1. The van der Waals surface area contributed by atoms with Crippen molar-refractivity contribution in [1.82, 2.24) is 0 Å². The Bertz CT molecular complexity index is 1250. The van der Waals surface area contributed by atoms with E-state index in [-0.39, 0.29) is 33.8 Å². The lowest BCUT2D eigenvalue weighted by Crippen LogP contribution is -2.18. The minimum Gasteiger partial charge on any atom is -0.507 e. The van der Waals surface area contributed by atoms with E-state index >= 15 is 0 Å². The summed E-state index contributed by atoms with van der Waals surface area (Å²) in [6.45, 7) is 9.85. The Balaban J connectivity index is 2.23. The van der Waals surface area contributed by atoms with Crippen LogP contribution in [0.3, 0.4) is 0 Å². The van der Waals surface area contributed by atoms with E-state index < -0.39 is 22.8 Å². The van der Waals surface area contributed by atoms with E-state index in [1.54, 1.807) is 44.2 Å². The SMILES string of the molecule is C=CC(C)(C)c1c(OC(C)=O)cc2oc(-c3ccc(OC(C)=O)cc3)cc(=O)c2c1O. The summed E-state index contributed by atoms with van der Waals surface area (Å²) in [5, 5.41) is 10.9. The zero-order valence-corrected chi connectivity index (χ0v) is 17.6. The molecule has 3 aromatic rings. The van der Waals surface area contributed by atoms with E-state index in [1.807, 2.05) is 0 Å². The summed E-state index contributed by atoms with van der Waals surface area (Å²) in [7, 11) is 0. The molecule has 0 bridgehead atoms. The summed E-state index contributed by atoms with van der Waals surface area (Å²) in [6.07, 6.45) is 1.58. The van der Waals surface area contributed by atoms with Crippen molar-refractivity contribution in [3.63, 3.8) is 0 Å². The number of benzene rings is 2. The molecule has 0 saturated heterocycles. The number of ether oxygens (including phenoxy) is 2. The van der Waals surface area contributed by atoms with Gasteiger partial charge in [0.25, 0.3) is 0 Å². The van der Waals surface area contributed by atoms with Crippen molar-refractivity contribution in [1.29, 1.82) is 0 Å². The zero-order chi connectivity index (χ0) is 22.9. The zero-order valence-electron chi connectivity index (χ0n) is 17.6. The highest BCUT2D eigenvalue weighted by molar-refractivity contribution is 5.89. The molecule has 0 aliphatic rings. The van der Waals surface area contributed by atoms with Crippen molar-refractivity contribution in [2.24, 2.45) is 0 Å². The number of fused-ring (bicyclic) bond motifs is 1. The van der Waals surface area contributed by atoms with E-state index in [1.165, 1.54) is 26.0 Å². The number of carbonyl (C=O) groups is 2. The first kappa shape index (κ1) is 21.8. The average Bonchev–Trinajstić information content (AvgIpc) is 2.66. The largest absolute Gasteiger partial charge is 0.507 e. The van der Waals surface area contributed by atoms with Gasteiger partial charge >= 0.3 is 11.9 Å². The van der Waals surface area contributed by atoms with Crippen LogP contribution in [0, 0.1) is 0 Å². The van der Waals surface area contributed by atoms with Gasteiger partial charge in [-0.25, -0.2) is 0 Å². The summed E-state index contributed by atoms with van der Waals surface area (Å²) in [5.41, 5.74) is -0.382. The number of rotatable bonds is 5.